The molecule has 0 saturated heterocycles. The van der Waals surface area contributed by atoms with Gasteiger partial charge in [-0.05, 0) is 23.8 Å². The van der Waals surface area contributed by atoms with Crippen LogP contribution in [0.15, 0.2) is 53.7 Å². The van der Waals surface area contributed by atoms with Crippen LogP contribution < -0.4 is 0 Å². The number of rotatable bonds is 5. The van der Waals surface area contributed by atoms with Crippen molar-refractivity contribution in [3.8, 4) is 0 Å². The molecule has 1 aromatic heterocycles. The van der Waals surface area contributed by atoms with E-state index in [-0.39, 0.29) is 18.3 Å². The molecule has 3 rings (SSSR count). The van der Waals surface area contributed by atoms with Gasteiger partial charge in [0.1, 0.15) is 6.61 Å². The molecule has 0 atom stereocenters. The molecule has 3 aromatic rings. The highest BCUT2D eigenvalue weighted by atomic mass is 35.5. The molecule has 0 aliphatic heterocycles. The normalized spacial score (nSPS) is 10.8. The van der Waals surface area contributed by atoms with E-state index < -0.39 is 0 Å². The van der Waals surface area contributed by atoms with Crippen LogP contribution in [0.1, 0.15) is 5.56 Å². The van der Waals surface area contributed by atoms with Gasteiger partial charge in [-0.15, -0.1) is 0 Å². The van der Waals surface area contributed by atoms with E-state index in [1.807, 2.05) is 42.5 Å². The number of aromatic amines is 1. The van der Waals surface area contributed by atoms with Crippen LogP contribution in [0.25, 0.3) is 11.0 Å². The molecular formula is C16H13ClN2O2S. The lowest BCUT2D eigenvalue weighted by Crippen LogP contribution is -2.07. The number of hydrogen-bond donors (Lipinski definition) is 1. The number of imidazole rings is 1. The van der Waals surface area contributed by atoms with Crippen molar-refractivity contribution < 1.29 is 9.53 Å². The Labute approximate surface area is 136 Å². The summed E-state index contributed by atoms with van der Waals surface area (Å²) in [6.07, 6.45) is 0. The van der Waals surface area contributed by atoms with E-state index in [0.29, 0.717) is 10.2 Å². The van der Waals surface area contributed by atoms with E-state index in [4.69, 9.17) is 16.3 Å². The third-order valence-electron chi connectivity index (χ3n) is 2.99. The Kier molecular flexibility index (Phi) is 4.65. The van der Waals surface area contributed by atoms with E-state index in [9.17, 15) is 4.79 Å². The SMILES string of the molecule is O=C(CSc1nc2ccc(Cl)cc2[nH]1)OCc1ccccc1. The molecule has 112 valence electrons. The highest BCUT2D eigenvalue weighted by Gasteiger charge is 2.08. The first-order valence-electron chi connectivity index (χ1n) is 6.68. The van der Waals surface area contributed by atoms with Gasteiger partial charge in [0.15, 0.2) is 5.16 Å². The van der Waals surface area contributed by atoms with Crippen LogP contribution in [0.3, 0.4) is 0 Å². The van der Waals surface area contributed by atoms with E-state index in [2.05, 4.69) is 9.97 Å². The number of nitrogens with zero attached hydrogens (tertiary/aromatic N) is 1. The zero-order chi connectivity index (χ0) is 15.4. The second kappa shape index (κ2) is 6.85. The molecular weight excluding hydrogens is 320 g/mol. The molecule has 4 nitrogen and oxygen atoms in total. The number of nitrogens with one attached hydrogen (secondary N) is 1. The molecule has 22 heavy (non-hydrogen) atoms. The van der Waals surface area contributed by atoms with Crippen LogP contribution in [0.5, 0.6) is 0 Å². The molecule has 0 spiro atoms. The standard InChI is InChI=1S/C16H13ClN2O2S/c17-12-6-7-13-14(8-12)19-16(18-13)22-10-15(20)21-9-11-4-2-1-3-5-11/h1-8H,9-10H2,(H,18,19). The largest absolute Gasteiger partial charge is 0.460 e. The molecule has 0 unspecified atom stereocenters. The van der Waals surface area contributed by atoms with Gasteiger partial charge >= 0.3 is 5.97 Å². The van der Waals surface area contributed by atoms with Crippen LogP contribution in [0, 0.1) is 0 Å². The fourth-order valence-corrected chi connectivity index (χ4v) is 2.79. The summed E-state index contributed by atoms with van der Waals surface area (Å²) >= 11 is 7.24. The fraction of sp³-hybridized carbons (Fsp3) is 0.125. The van der Waals surface area contributed by atoms with Crippen molar-refractivity contribution in [2.45, 2.75) is 11.8 Å². The van der Waals surface area contributed by atoms with E-state index in [1.165, 1.54) is 11.8 Å². The summed E-state index contributed by atoms with van der Waals surface area (Å²) < 4.78 is 5.22. The van der Waals surface area contributed by atoms with E-state index in [1.54, 1.807) is 6.07 Å². The molecule has 6 heteroatoms. The average Bonchev–Trinajstić information content (AvgIpc) is 2.94. The van der Waals surface area contributed by atoms with Gasteiger partial charge in [-0.3, -0.25) is 4.79 Å². The van der Waals surface area contributed by atoms with Crippen molar-refractivity contribution in [2.24, 2.45) is 0 Å². The lowest BCUT2D eigenvalue weighted by atomic mass is 10.2. The number of aromatic nitrogens is 2. The van der Waals surface area contributed by atoms with Crippen molar-refractivity contribution in [3.05, 3.63) is 59.1 Å². The van der Waals surface area contributed by atoms with Gasteiger partial charge in [0.2, 0.25) is 0 Å². The van der Waals surface area contributed by atoms with Gasteiger partial charge in [0.05, 0.1) is 16.8 Å². The molecule has 0 amide bonds. The summed E-state index contributed by atoms with van der Waals surface area (Å²) in [6, 6.07) is 15.0. The Bertz CT molecular complexity index is 789. The highest BCUT2D eigenvalue weighted by molar-refractivity contribution is 7.99. The second-order valence-corrected chi connectivity index (χ2v) is 6.04. The predicted octanol–water partition coefficient (Wildman–Crippen LogP) is 4.05. The zero-order valence-corrected chi connectivity index (χ0v) is 13.2. The Balaban J connectivity index is 1.53. The first-order chi connectivity index (χ1) is 10.7. The minimum Gasteiger partial charge on any atom is -0.460 e. The summed E-state index contributed by atoms with van der Waals surface area (Å²) in [5, 5.41) is 1.32. The van der Waals surface area contributed by atoms with Crippen molar-refractivity contribution in [2.75, 3.05) is 5.75 Å². The number of H-pyrrole nitrogens is 1. The summed E-state index contributed by atoms with van der Waals surface area (Å²) in [6.45, 7) is 0.288. The Morgan fingerprint density at radius 3 is 2.86 bits per heavy atom. The molecule has 0 saturated carbocycles. The lowest BCUT2D eigenvalue weighted by Gasteiger charge is -2.03. The maximum absolute atomic E-state index is 11.8. The van der Waals surface area contributed by atoms with Gasteiger partial charge in [-0.25, -0.2) is 4.98 Å². The van der Waals surface area contributed by atoms with Crippen LogP contribution in [0.4, 0.5) is 0 Å². The van der Waals surface area contributed by atoms with E-state index >= 15 is 0 Å². The maximum Gasteiger partial charge on any atom is 0.316 e. The minimum atomic E-state index is -0.271. The fourth-order valence-electron chi connectivity index (χ4n) is 1.93. The summed E-state index contributed by atoms with van der Waals surface area (Å²) in [4.78, 5) is 19.3. The molecule has 0 aliphatic carbocycles. The first-order valence-corrected chi connectivity index (χ1v) is 8.05. The van der Waals surface area contributed by atoms with Crippen molar-refractivity contribution in [1.29, 1.82) is 0 Å². The topological polar surface area (TPSA) is 55.0 Å². The Morgan fingerprint density at radius 1 is 1.23 bits per heavy atom. The van der Waals surface area contributed by atoms with Crippen molar-refractivity contribution >= 4 is 40.4 Å². The molecule has 1 N–H and O–H groups in total. The van der Waals surface area contributed by atoms with Gasteiger partial charge < -0.3 is 9.72 Å². The number of thioether (sulfide) groups is 1. The van der Waals surface area contributed by atoms with Gasteiger partial charge in [0.25, 0.3) is 0 Å². The highest BCUT2D eigenvalue weighted by Crippen LogP contribution is 2.22. The summed E-state index contributed by atoms with van der Waals surface area (Å²) in [5.41, 5.74) is 2.65. The van der Waals surface area contributed by atoms with Crippen molar-refractivity contribution in [1.82, 2.24) is 9.97 Å². The molecule has 0 fully saturated rings. The van der Waals surface area contributed by atoms with Crippen LogP contribution in [0.2, 0.25) is 5.02 Å². The predicted molar refractivity (Wildman–Crippen MR) is 88.1 cm³/mol. The second-order valence-electron chi connectivity index (χ2n) is 4.64. The monoisotopic (exact) mass is 332 g/mol. The van der Waals surface area contributed by atoms with Gasteiger partial charge in [-0.1, -0.05) is 53.7 Å². The zero-order valence-electron chi connectivity index (χ0n) is 11.6. The van der Waals surface area contributed by atoms with E-state index in [0.717, 1.165) is 16.6 Å². The summed E-state index contributed by atoms with van der Waals surface area (Å²) in [7, 11) is 0. The molecule has 0 aliphatic rings. The van der Waals surface area contributed by atoms with Gasteiger partial charge in [0, 0.05) is 5.02 Å². The van der Waals surface area contributed by atoms with Gasteiger partial charge in [-0.2, -0.15) is 0 Å². The Hall–Kier alpha value is -1.98. The quantitative estimate of drug-likeness (QED) is 0.565. The maximum atomic E-state index is 11.8. The summed E-state index contributed by atoms with van der Waals surface area (Å²) in [5.74, 6) is -0.0623. The van der Waals surface area contributed by atoms with Crippen LogP contribution in [-0.2, 0) is 16.1 Å². The number of carbonyl (C=O) groups excluding carboxylic acids is 1. The first kappa shape index (κ1) is 14.9. The number of halogens is 1. The lowest BCUT2D eigenvalue weighted by molar-refractivity contribution is -0.141. The smallest absolute Gasteiger partial charge is 0.316 e. The third-order valence-corrected chi connectivity index (χ3v) is 4.07. The number of benzene rings is 2. The molecule has 0 radical (unpaired) electrons. The van der Waals surface area contributed by atoms with Crippen LogP contribution in [-0.4, -0.2) is 21.7 Å². The molecule has 0 bridgehead atoms. The number of fused-ring (bicyclic) bond motifs is 1. The number of esters is 1. The van der Waals surface area contributed by atoms with Crippen LogP contribution >= 0.6 is 23.4 Å². The number of hydrogen-bond acceptors (Lipinski definition) is 4. The van der Waals surface area contributed by atoms with Crippen molar-refractivity contribution in [3.63, 3.8) is 0 Å². The Morgan fingerprint density at radius 2 is 2.05 bits per heavy atom. The molecule has 1 heterocycles. The number of ether oxygens (including phenoxy) is 1. The molecule has 2 aromatic carbocycles. The minimum absolute atomic E-state index is 0.209. The number of carbonyl (C=O) groups is 1. The average molecular weight is 333 g/mol. The third kappa shape index (κ3) is 3.81.